The number of anilines is 1. The number of hydrogen-bond acceptors (Lipinski definition) is 4. The molecule has 4 nitrogen and oxygen atoms in total. The van der Waals surface area contributed by atoms with Crippen molar-refractivity contribution in [3.63, 3.8) is 0 Å². The summed E-state index contributed by atoms with van der Waals surface area (Å²) in [7, 11) is 0. The number of aliphatic hydroxyl groups excluding tert-OH is 1. The molecule has 0 aliphatic carbocycles. The van der Waals surface area contributed by atoms with Crippen molar-refractivity contribution in [3.8, 4) is 6.07 Å². The van der Waals surface area contributed by atoms with E-state index in [0.29, 0.717) is 23.8 Å². The van der Waals surface area contributed by atoms with Crippen LogP contribution in [0.15, 0.2) is 18.3 Å². The summed E-state index contributed by atoms with van der Waals surface area (Å²) in [5.41, 5.74) is 1.05. The predicted molar refractivity (Wildman–Crippen MR) is 67.5 cm³/mol. The summed E-state index contributed by atoms with van der Waals surface area (Å²) in [5, 5.41) is 21.9. The molecule has 2 N–H and O–H groups in total. The van der Waals surface area contributed by atoms with Crippen molar-refractivity contribution in [3.05, 3.63) is 24.0 Å². The lowest BCUT2D eigenvalue weighted by Crippen LogP contribution is -2.27. The first-order chi connectivity index (χ1) is 8.22. The highest BCUT2D eigenvalue weighted by molar-refractivity contribution is 5.53. The van der Waals surface area contributed by atoms with Gasteiger partial charge in [0, 0.05) is 12.7 Å². The van der Waals surface area contributed by atoms with Gasteiger partial charge < -0.3 is 10.4 Å². The van der Waals surface area contributed by atoms with E-state index in [1.165, 1.54) is 0 Å². The molecule has 0 spiro atoms. The number of nitrogens with one attached hydrogen (secondary N) is 1. The number of aliphatic hydroxyl groups is 1. The highest BCUT2D eigenvalue weighted by Gasteiger charge is 2.15. The summed E-state index contributed by atoms with van der Waals surface area (Å²) < 4.78 is 0. The van der Waals surface area contributed by atoms with Crippen LogP contribution in [0.4, 0.5) is 5.69 Å². The third-order valence-corrected chi connectivity index (χ3v) is 3.01. The number of rotatable bonds is 6. The molecule has 0 aromatic carbocycles. The van der Waals surface area contributed by atoms with Gasteiger partial charge in [0.1, 0.15) is 6.07 Å². The normalized spacial score (nSPS) is 12.2. The van der Waals surface area contributed by atoms with Crippen LogP contribution < -0.4 is 5.32 Å². The molecule has 1 atom stereocenters. The molecular formula is C13H19N3O. The summed E-state index contributed by atoms with van der Waals surface area (Å²) in [5.74, 6) is 0.296. The van der Waals surface area contributed by atoms with Crippen LogP contribution in [0.2, 0.25) is 0 Å². The van der Waals surface area contributed by atoms with E-state index in [1.807, 2.05) is 6.07 Å². The summed E-state index contributed by atoms with van der Waals surface area (Å²) in [4.78, 5) is 3.96. The van der Waals surface area contributed by atoms with Crippen molar-refractivity contribution < 1.29 is 5.11 Å². The molecule has 92 valence electrons. The van der Waals surface area contributed by atoms with Crippen LogP contribution in [-0.4, -0.2) is 22.7 Å². The largest absolute Gasteiger partial charge is 0.391 e. The van der Waals surface area contributed by atoms with Crippen LogP contribution in [0.5, 0.6) is 0 Å². The fraction of sp³-hybridized carbons (Fsp3) is 0.538. The second-order valence-electron chi connectivity index (χ2n) is 4.04. The Kier molecular flexibility index (Phi) is 5.44. The molecule has 1 aromatic rings. The van der Waals surface area contributed by atoms with E-state index >= 15 is 0 Å². The minimum absolute atomic E-state index is 0.296. The first kappa shape index (κ1) is 13.5. The molecule has 1 rings (SSSR count). The predicted octanol–water partition coefficient (Wildman–Crippen LogP) is 2.16. The van der Waals surface area contributed by atoms with Gasteiger partial charge in [-0.3, -0.25) is 0 Å². The van der Waals surface area contributed by atoms with Crippen molar-refractivity contribution in [1.29, 1.82) is 5.26 Å². The summed E-state index contributed by atoms with van der Waals surface area (Å²) in [6.45, 7) is 4.59. The van der Waals surface area contributed by atoms with Crippen molar-refractivity contribution >= 4 is 5.69 Å². The van der Waals surface area contributed by atoms with Crippen LogP contribution in [0.3, 0.4) is 0 Å². The van der Waals surface area contributed by atoms with E-state index in [9.17, 15) is 5.11 Å². The van der Waals surface area contributed by atoms with Crippen molar-refractivity contribution in [2.45, 2.75) is 32.8 Å². The molecule has 0 amide bonds. The Bertz CT molecular complexity index is 382. The lowest BCUT2D eigenvalue weighted by molar-refractivity contribution is 0.114. The molecule has 0 aliphatic heterocycles. The van der Waals surface area contributed by atoms with Gasteiger partial charge in [-0.05, 0) is 18.1 Å². The Hall–Kier alpha value is -1.60. The lowest BCUT2D eigenvalue weighted by atomic mass is 9.96. The van der Waals surface area contributed by atoms with Gasteiger partial charge in [0.05, 0.1) is 11.8 Å². The molecular weight excluding hydrogens is 214 g/mol. The molecule has 0 radical (unpaired) electrons. The first-order valence-corrected chi connectivity index (χ1v) is 5.99. The van der Waals surface area contributed by atoms with Crippen LogP contribution in [-0.2, 0) is 0 Å². The molecule has 0 bridgehead atoms. The summed E-state index contributed by atoms with van der Waals surface area (Å²) in [6, 6.07) is 5.59. The lowest BCUT2D eigenvalue weighted by Gasteiger charge is -2.20. The Labute approximate surface area is 102 Å². The monoisotopic (exact) mass is 233 g/mol. The zero-order valence-corrected chi connectivity index (χ0v) is 10.3. The second kappa shape index (κ2) is 6.87. The van der Waals surface area contributed by atoms with Crippen LogP contribution in [0.1, 0.15) is 32.4 Å². The van der Waals surface area contributed by atoms with Crippen molar-refractivity contribution in [2.24, 2.45) is 5.92 Å². The average Bonchev–Trinajstić information content (AvgIpc) is 2.38. The third-order valence-electron chi connectivity index (χ3n) is 3.01. The van der Waals surface area contributed by atoms with Gasteiger partial charge in [-0.2, -0.15) is 5.26 Å². The van der Waals surface area contributed by atoms with Gasteiger partial charge in [-0.15, -0.1) is 0 Å². The number of hydrogen-bond donors (Lipinski definition) is 2. The average molecular weight is 233 g/mol. The fourth-order valence-corrected chi connectivity index (χ4v) is 1.85. The van der Waals surface area contributed by atoms with Gasteiger partial charge in [0.15, 0.2) is 5.69 Å². The van der Waals surface area contributed by atoms with Gasteiger partial charge in [-0.1, -0.05) is 26.7 Å². The summed E-state index contributed by atoms with van der Waals surface area (Å²) in [6.07, 6.45) is 3.10. The Morgan fingerprint density at radius 3 is 2.76 bits per heavy atom. The Morgan fingerprint density at radius 1 is 1.47 bits per heavy atom. The molecule has 0 saturated carbocycles. The van der Waals surface area contributed by atoms with E-state index in [4.69, 9.17) is 5.26 Å². The Morgan fingerprint density at radius 2 is 2.18 bits per heavy atom. The number of nitrogens with zero attached hydrogens (tertiary/aromatic N) is 2. The number of pyridine rings is 1. The van der Waals surface area contributed by atoms with Gasteiger partial charge in [-0.25, -0.2) is 4.98 Å². The van der Waals surface area contributed by atoms with Crippen LogP contribution in [0, 0.1) is 17.2 Å². The smallest absolute Gasteiger partial charge is 0.163 e. The number of aromatic nitrogens is 1. The molecule has 0 aliphatic rings. The number of nitriles is 1. The molecule has 0 fully saturated rings. The minimum atomic E-state index is -0.392. The molecule has 0 saturated heterocycles. The molecule has 1 unspecified atom stereocenters. The molecule has 1 aromatic heterocycles. The van der Waals surface area contributed by atoms with Crippen molar-refractivity contribution in [1.82, 2.24) is 4.98 Å². The van der Waals surface area contributed by atoms with Gasteiger partial charge in [0.2, 0.25) is 0 Å². The maximum Gasteiger partial charge on any atom is 0.163 e. The van der Waals surface area contributed by atoms with E-state index < -0.39 is 6.10 Å². The maximum absolute atomic E-state index is 9.97. The van der Waals surface area contributed by atoms with Crippen LogP contribution in [0.25, 0.3) is 0 Å². The zero-order chi connectivity index (χ0) is 12.7. The van der Waals surface area contributed by atoms with Gasteiger partial charge in [0.25, 0.3) is 0 Å². The fourth-order valence-electron chi connectivity index (χ4n) is 1.85. The summed E-state index contributed by atoms with van der Waals surface area (Å²) >= 11 is 0. The standard InChI is InChI=1S/C13H19N3O/c1-3-10(4-2)13(17)9-16-11-6-5-7-15-12(11)8-14/h5-7,10,13,16-17H,3-4,9H2,1-2H3. The first-order valence-electron chi connectivity index (χ1n) is 5.99. The van der Waals surface area contributed by atoms with E-state index in [2.05, 4.69) is 24.1 Å². The van der Waals surface area contributed by atoms with Crippen LogP contribution >= 0.6 is 0 Å². The van der Waals surface area contributed by atoms with E-state index in [-0.39, 0.29) is 0 Å². The molecule has 4 heteroatoms. The van der Waals surface area contributed by atoms with Gasteiger partial charge >= 0.3 is 0 Å². The minimum Gasteiger partial charge on any atom is -0.391 e. The van der Waals surface area contributed by atoms with Crippen molar-refractivity contribution in [2.75, 3.05) is 11.9 Å². The molecule has 17 heavy (non-hydrogen) atoms. The van der Waals surface area contributed by atoms with E-state index in [1.54, 1.807) is 18.3 Å². The maximum atomic E-state index is 9.97. The SMILES string of the molecule is CCC(CC)C(O)CNc1cccnc1C#N. The quantitative estimate of drug-likeness (QED) is 0.790. The Balaban J connectivity index is 2.58. The van der Waals surface area contributed by atoms with E-state index in [0.717, 1.165) is 12.8 Å². The highest BCUT2D eigenvalue weighted by atomic mass is 16.3. The highest BCUT2D eigenvalue weighted by Crippen LogP contribution is 2.15. The molecule has 1 heterocycles. The second-order valence-corrected chi connectivity index (χ2v) is 4.04. The third kappa shape index (κ3) is 3.72. The topological polar surface area (TPSA) is 68.9 Å². The zero-order valence-electron chi connectivity index (χ0n) is 10.3.